The predicted molar refractivity (Wildman–Crippen MR) is 95.1 cm³/mol. The van der Waals surface area contributed by atoms with E-state index in [1.807, 2.05) is 46.8 Å². The minimum Gasteiger partial charge on any atom is -0.208 e. The molecule has 1 aromatic carbocycles. The second-order valence-corrected chi connectivity index (χ2v) is 6.27. The van der Waals surface area contributed by atoms with Crippen LogP contribution < -0.4 is 0 Å². The minimum absolute atomic E-state index is 0.00849. The lowest BCUT2D eigenvalue weighted by Crippen LogP contribution is -2.13. The zero-order valence-corrected chi connectivity index (χ0v) is 15.8. The Bertz CT molecular complexity index is 773. The van der Waals surface area contributed by atoms with Crippen molar-refractivity contribution in [3.05, 3.63) is 40.8 Å². The summed E-state index contributed by atoms with van der Waals surface area (Å²) in [6.45, 7) is 9.92. The van der Waals surface area contributed by atoms with Crippen LogP contribution in [-0.2, 0) is 10.0 Å². The lowest BCUT2D eigenvalue weighted by Gasteiger charge is -2.07. The van der Waals surface area contributed by atoms with Gasteiger partial charge in [0.1, 0.15) is 11.8 Å². The van der Waals surface area contributed by atoms with E-state index in [0.29, 0.717) is 5.56 Å². The van der Waals surface area contributed by atoms with Crippen LogP contribution in [0.25, 0.3) is 11.3 Å². The Morgan fingerprint density at radius 3 is 2.00 bits per heavy atom. The van der Waals surface area contributed by atoms with E-state index in [0.717, 1.165) is 15.8 Å². The van der Waals surface area contributed by atoms with Crippen molar-refractivity contribution >= 4 is 21.6 Å². The highest BCUT2D eigenvalue weighted by Crippen LogP contribution is 2.30. The second-order valence-electron chi connectivity index (χ2n) is 4.08. The van der Waals surface area contributed by atoms with Crippen molar-refractivity contribution in [1.82, 2.24) is 8.96 Å². The molecule has 2 rings (SSSR count). The van der Waals surface area contributed by atoms with Gasteiger partial charge in [0.25, 0.3) is 0 Å². The molecule has 7 heteroatoms. The lowest BCUT2D eigenvalue weighted by molar-refractivity contribution is 0.593. The number of aryl methyl sites for hydroxylation is 1. The first-order valence-corrected chi connectivity index (χ1v) is 9.53. The Balaban J connectivity index is 0.00000112. The first-order valence-electron chi connectivity index (χ1n) is 7.30. The molecule has 0 unspecified atom stereocenters. The van der Waals surface area contributed by atoms with Gasteiger partial charge in [0, 0.05) is 5.56 Å². The quantitative estimate of drug-likeness (QED) is 0.807. The van der Waals surface area contributed by atoms with Gasteiger partial charge in [0.15, 0.2) is 5.15 Å². The molecule has 0 amide bonds. The first kappa shape index (κ1) is 21.2. The molecular weight excluding hydrogens is 334 g/mol. The number of nitriles is 1. The van der Waals surface area contributed by atoms with Gasteiger partial charge >= 0.3 is 0 Å². The van der Waals surface area contributed by atoms with E-state index in [2.05, 4.69) is 4.98 Å². The average Bonchev–Trinajstić information content (AvgIpc) is 2.89. The van der Waals surface area contributed by atoms with Gasteiger partial charge in [-0.3, -0.25) is 0 Å². The lowest BCUT2D eigenvalue weighted by atomic mass is 10.1. The maximum atomic E-state index is 11.8. The van der Waals surface area contributed by atoms with E-state index in [9.17, 15) is 8.42 Å². The number of benzene rings is 1. The fraction of sp³-hybridized carbons (Fsp3) is 0.375. The van der Waals surface area contributed by atoms with E-state index in [-0.39, 0.29) is 16.7 Å². The normalized spacial score (nSPS) is 9.83. The van der Waals surface area contributed by atoms with Crippen LogP contribution in [0.5, 0.6) is 0 Å². The Labute approximate surface area is 143 Å². The molecule has 23 heavy (non-hydrogen) atoms. The summed E-state index contributed by atoms with van der Waals surface area (Å²) in [4.78, 5) is 3.78. The Morgan fingerprint density at radius 2 is 1.61 bits per heavy atom. The molecule has 126 valence electrons. The number of hydrogen-bond acceptors (Lipinski definition) is 4. The predicted octanol–water partition coefficient (Wildman–Crippen LogP) is 4.24. The van der Waals surface area contributed by atoms with Gasteiger partial charge in [-0.2, -0.15) is 5.26 Å². The molecule has 1 heterocycles. The third-order valence-corrected chi connectivity index (χ3v) is 3.83. The van der Waals surface area contributed by atoms with Crippen LogP contribution in [-0.4, -0.2) is 23.6 Å². The molecule has 0 radical (unpaired) electrons. The number of halogens is 1. The van der Waals surface area contributed by atoms with Crippen molar-refractivity contribution in [2.75, 3.05) is 6.26 Å². The largest absolute Gasteiger partial charge is 0.238 e. The summed E-state index contributed by atoms with van der Waals surface area (Å²) in [7, 11) is -3.67. The van der Waals surface area contributed by atoms with E-state index in [1.54, 1.807) is 18.2 Å². The van der Waals surface area contributed by atoms with E-state index >= 15 is 0 Å². The maximum absolute atomic E-state index is 11.8. The van der Waals surface area contributed by atoms with Gasteiger partial charge in [-0.1, -0.05) is 69.1 Å². The zero-order chi connectivity index (χ0) is 18.2. The first-order chi connectivity index (χ1) is 10.8. The maximum Gasteiger partial charge on any atom is 0.238 e. The Hall–Kier alpha value is -1.84. The topological polar surface area (TPSA) is 75.8 Å². The van der Waals surface area contributed by atoms with Crippen molar-refractivity contribution in [3.63, 3.8) is 0 Å². The van der Waals surface area contributed by atoms with Crippen LogP contribution in [0.1, 0.15) is 39.1 Å². The van der Waals surface area contributed by atoms with Gasteiger partial charge in [-0.25, -0.2) is 17.4 Å². The number of rotatable bonds is 2. The van der Waals surface area contributed by atoms with Crippen LogP contribution in [0.4, 0.5) is 0 Å². The fourth-order valence-electron chi connectivity index (χ4n) is 1.72. The van der Waals surface area contributed by atoms with Crippen molar-refractivity contribution in [3.8, 4) is 17.3 Å². The number of nitrogens with zero attached hydrogens (tertiary/aromatic N) is 3. The zero-order valence-electron chi connectivity index (χ0n) is 14.3. The van der Waals surface area contributed by atoms with Crippen molar-refractivity contribution in [2.24, 2.45) is 0 Å². The summed E-state index contributed by atoms with van der Waals surface area (Å²) in [6, 6.07) is 8.87. The third kappa shape index (κ3) is 5.08. The SMILES string of the molecule is CC.CC.Cc1ccc(-c2c(Cl)nc(C#N)n2S(C)(=O)=O)cc1. The molecule has 0 aliphatic rings. The van der Waals surface area contributed by atoms with Crippen LogP contribution in [0.15, 0.2) is 24.3 Å². The van der Waals surface area contributed by atoms with Crippen molar-refractivity contribution in [1.29, 1.82) is 5.26 Å². The number of imidazole rings is 1. The van der Waals surface area contributed by atoms with Crippen LogP contribution in [0.2, 0.25) is 5.15 Å². The van der Waals surface area contributed by atoms with Gasteiger partial charge < -0.3 is 0 Å². The Kier molecular flexibility index (Phi) is 8.59. The van der Waals surface area contributed by atoms with Gasteiger partial charge in [-0.05, 0) is 6.92 Å². The summed E-state index contributed by atoms with van der Waals surface area (Å²) >= 11 is 5.96. The summed E-state index contributed by atoms with van der Waals surface area (Å²) in [5, 5.41) is 8.95. The van der Waals surface area contributed by atoms with Gasteiger partial charge in [-0.15, -0.1) is 0 Å². The molecule has 0 saturated carbocycles. The standard InChI is InChI=1S/C12H10ClN3O2S.2C2H6/c1-8-3-5-9(6-4-8)11-12(13)15-10(7-14)16(11)19(2,17)18;2*1-2/h3-6H,1-2H3;2*1-2H3. The molecule has 2 aromatic rings. The molecule has 0 atom stereocenters. The monoisotopic (exact) mass is 355 g/mol. The molecule has 0 saturated heterocycles. The average molecular weight is 356 g/mol. The Morgan fingerprint density at radius 1 is 1.13 bits per heavy atom. The molecule has 0 spiro atoms. The highest BCUT2D eigenvalue weighted by Gasteiger charge is 2.23. The molecule has 1 aromatic heterocycles. The van der Waals surface area contributed by atoms with E-state index < -0.39 is 10.0 Å². The van der Waals surface area contributed by atoms with Gasteiger partial charge in [0.05, 0.1) is 6.26 Å². The highest BCUT2D eigenvalue weighted by atomic mass is 35.5. The summed E-state index contributed by atoms with van der Waals surface area (Å²) in [5.74, 6) is -0.247. The molecule has 0 bridgehead atoms. The third-order valence-electron chi connectivity index (χ3n) is 2.55. The van der Waals surface area contributed by atoms with E-state index in [1.165, 1.54) is 0 Å². The number of hydrogen-bond donors (Lipinski definition) is 0. The van der Waals surface area contributed by atoms with Crippen LogP contribution in [0, 0.1) is 18.3 Å². The molecule has 0 fully saturated rings. The number of aromatic nitrogens is 2. The second kappa shape index (κ2) is 9.33. The van der Waals surface area contributed by atoms with Crippen LogP contribution >= 0.6 is 11.6 Å². The molecule has 0 aliphatic carbocycles. The molecule has 0 aliphatic heterocycles. The summed E-state index contributed by atoms with van der Waals surface area (Å²) in [6.07, 6.45) is 1.00. The molecular formula is C16H22ClN3O2S. The summed E-state index contributed by atoms with van der Waals surface area (Å²) < 4.78 is 24.5. The molecule has 0 N–H and O–H groups in total. The minimum atomic E-state index is -3.67. The van der Waals surface area contributed by atoms with Gasteiger partial charge in [0.2, 0.25) is 15.8 Å². The summed E-state index contributed by atoms with van der Waals surface area (Å²) in [5.41, 5.74) is 1.83. The van der Waals surface area contributed by atoms with Crippen molar-refractivity contribution < 1.29 is 8.42 Å². The van der Waals surface area contributed by atoms with Crippen molar-refractivity contribution in [2.45, 2.75) is 34.6 Å². The fourth-order valence-corrected chi connectivity index (χ4v) is 2.97. The molecule has 5 nitrogen and oxygen atoms in total. The van der Waals surface area contributed by atoms with E-state index in [4.69, 9.17) is 16.9 Å². The van der Waals surface area contributed by atoms with Crippen LogP contribution in [0.3, 0.4) is 0 Å². The smallest absolute Gasteiger partial charge is 0.208 e. The highest BCUT2D eigenvalue weighted by molar-refractivity contribution is 7.89.